The minimum absolute atomic E-state index is 0.0143. The van der Waals surface area contributed by atoms with Gasteiger partial charge in [0, 0.05) is 13.2 Å². The van der Waals surface area contributed by atoms with Crippen LogP contribution < -0.4 is 10.6 Å². The van der Waals surface area contributed by atoms with Gasteiger partial charge in [-0.3, -0.25) is 4.79 Å². The zero-order chi connectivity index (χ0) is 16.7. The Morgan fingerprint density at radius 2 is 2.21 bits per heavy atom. The zero-order valence-corrected chi connectivity index (χ0v) is 13.7. The van der Waals surface area contributed by atoms with Crippen molar-refractivity contribution in [2.75, 3.05) is 19.7 Å². The monoisotopic (exact) mass is 327 g/mol. The van der Waals surface area contributed by atoms with Gasteiger partial charge >= 0.3 is 6.03 Å². The van der Waals surface area contributed by atoms with Gasteiger partial charge in [0.05, 0.1) is 30.0 Å². The molecule has 2 atom stereocenters. The van der Waals surface area contributed by atoms with E-state index in [1.807, 2.05) is 31.2 Å². The Bertz CT molecular complexity index is 722. The Hall–Kier alpha value is -2.34. The molecule has 24 heavy (non-hydrogen) atoms. The highest BCUT2D eigenvalue weighted by Crippen LogP contribution is 2.33. The Balaban J connectivity index is 1.61. The van der Waals surface area contributed by atoms with Gasteiger partial charge in [-0.2, -0.15) is 0 Å². The first-order chi connectivity index (χ1) is 11.6. The zero-order valence-electron chi connectivity index (χ0n) is 13.7. The predicted molar refractivity (Wildman–Crippen MR) is 88.2 cm³/mol. The number of nitrogens with zero attached hydrogens (tertiary/aromatic N) is 1. The van der Waals surface area contributed by atoms with E-state index >= 15 is 0 Å². The van der Waals surface area contributed by atoms with Crippen LogP contribution in [0.25, 0.3) is 0 Å². The number of carbonyl (C=O) groups is 2. The number of rotatable bonds is 3. The Labute approximate surface area is 140 Å². The number of hydrogen-bond donors (Lipinski definition) is 2. The number of amides is 3. The van der Waals surface area contributed by atoms with E-state index in [1.54, 1.807) is 4.90 Å². The Kier molecular flexibility index (Phi) is 3.76. The lowest BCUT2D eigenvalue weighted by molar-refractivity contribution is -0.127. The highest BCUT2D eigenvalue weighted by atomic mass is 16.5. The van der Waals surface area contributed by atoms with Crippen molar-refractivity contribution < 1.29 is 14.3 Å². The summed E-state index contributed by atoms with van der Waals surface area (Å²) in [6.45, 7) is 3.80. The van der Waals surface area contributed by atoms with Crippen LogP contribution in [-0.4, -0.2) is 42.6 Å². The maximum atomic E-state index is 12.9. The van der Waals surface area contributed by atoms with Gasteiger partial charge in [-0.15, -0.1) is 0 Å². The number of urea groups is 1. The van der Waals surface area contributed by atoms with E-state index in [0.29, 0.717) is 24.4 Å². The van der Waals surface area contributed by atoms with Crippen LogP contribution in [0.3, 0.4) is 0 Å². The Morgan fingerprint density at radius 1 is 1.33 bits per heavy atom. The normalized spacial score (nSPS) is 26.5. The summed E-state index contributed by atoms with van der Waals surface area (Å²) in [5.74, 6) is -0.0143. The SMILES string of the molecule is Cc1cccc([C@@H]2NC(=O)NC3=C2C(=O)N(C[C@@H]2CCCO2)C3)c1. The molecule has 3 aliphatic heterocycles. The van der Waals surface area contributed by atoms with Gasteiger partial charge in [0.2, 0.25) is 0 Å². The third-order valence-corrected chi connectivity index (χ3v) is 4.84. The molecule has 3 aliphatic rings. The summed E-state index contributed by atoms with van der Waals surface area (Å²) in [7, 11) is 0. The fraction of sp³-hybridized carbons (Fsp3) is 0.444. The highest BCUT2D eigenvalue weighted by molar-refractivity contribution is 6.01. The van der Waals surface area contributed by atoms with Crippen molar-refractivity contribution in [1.82, 2.24) is 15.5 Å². The summed E-state index contributed by atoms with van der Waals surface area (Å²) in [4.78, 5) is 26.7. The molecule has 0 saturated carbocycles. The second kappa shape index (κ2) is 5.94. The summed E-state index contributed by atoms with van der Waals surface area (Å²) in [6, 6.07) is 7.26. The van der Waals surface area contributed by atoms with Crippen LogP contribution in [0.2, 0.25) is 0 Å². The van der Waals surface area contributed by atoms with Gasteiger partial charge in [-0.25, -0.2) is 4.79 Å². The minimum Gasteiger partial charge on any atom is -0.376 e. The van der Waals surface area contributed by atoms with Crippen molar-refractivity contribution in [2.24, 2.45) is 0 Å². The summed E-state index contributed by atoms with van der Waals surface area (Å²) in [5.41, 5.74) is 3.40. The summed E-state index contributed by atoms with van der Waals surface area (Å²) < 4.78 is 5.65. The van der Waals surface area contributed by atoms with Gasteiger partial charge < -0.3 is 20.3 Å². The average Bonchev–Trinajstić information content (AvgIpc) is 3.16. The topological polar surface area (TPSA) is 70.7 Å². The van der Waals surface area contributed by atoms with E-state index in [2.05, 4.69) is 10.6 Å². The van der Waals surface area contributed by atoms with E-state index in [0.717, 1.165) is 30.6 Å². The lowest BCUT2D eigenvalue weighted by Crippen LogP contribution is -2.44. The third kappa shape index (κ3) is 2.67. The maximum absolute atomic E-state index is 12.9. The molecule has 1 fully saturated rings. The van der Waals surface area contributed by atoms with E-state index in [1.165, 1.54) is 0 Å². The van der Waals surface area contributed by atoms with Crippen LogP contribution in [0.4, 0.5) is 4.79 Å². The van der Waals surface area contributed by atoms with Gasteiger partial charge in [-0.1, -0.05) is 29.8 Å². The molecule has 0 aliphatic carbocycles. The molecule has 0 unspecified atom stereocenters. The van der Waals surface area contributed by atoms with Crippen LogP contribution in [0.5, 0.6) is 0 Å². The molecule has 6 nitrogen and oxygen atoms in total. The van der Waals surface area contributed by atoms with Gasteiger partial charge in [0.25, 0.3) is 5.91 Å². The summed E-state index contributed by atoms with van der Waals surface area (Å²) in [6.07, 6.45) is 2.14. The van der Waals surface area contributed by atoms with Crippen molar-refractivity contribution in [3.63, 3.8) is 0 Å². The molecule has 0 bridgehead atoms. The van der Waals surface area contributed by atoms with Crippen LogP contribution >= 0.6 is 0 Å². The van der Waals surface area contributed by atoms with E-state index < -0.39 is 6.04 Å². The van der Waals surface area contributed by atoms with E-state index in [9.17, 15) is 9.59 Å². The molecule has 3 amide bonds. The number of nitrogens with one attached hydrogen (secondary N) is 2. The predicted octanol–water partition coefficient (Wildman–Crippen LogP) is 1.62. The van der Waals surface area contributed by atoms with Crippen LogP contribution in [0.15, 0.2) is 35.5 Å². The molecule has 1 aromatic rings. The van der Waals surface area contributed by atoms with Crippen molar-refractivity contribution in [3.8, 4) is 0 Å². The number of carbonyl (C=O) groups excluding carboxylic acids is 2. The van der Waals surface area contributed by atoms with E-state index in [-0.39, 0.29) is 18.0 Å². The Morgan fingerprint density at radius 3 is 2.96 bits per heavy atom. The summed E-state index contributed by atoms with van der Waals surface area (Å²) in [5, 5.41) is 5.69. The first-order valence-corrected chi connectivity index (χ1v) is 8.40. The average molecular weight is 327 g/mol. The molecular weight excluding hydrogens is 306 g/mol. The molecule has 0 radical (unpaired) electrons. The molecule has 2 N–H and O–H groups in total. The summed E-state index contributed by atoms with van der Waals surface area (Å²) >= 11 is 0. The minimum atomic E-state index is -0.393. The van der Waals surface area contributed by atoms with Crippen molar-refractivity contribution in [1.29, 1.82) is 0 Å². The molecule has 1 saturated heterocycles. The first kappa shape index (κ1) is 15.2. The van der Waals surface area contributed by atoms with E-state index in [4.69, 9.17) is 4.74 Å². The fourth-order valence-electron chi connectivity index (χ4n) is 3.71. The van der Waals surface area contributed by atoms with Crippen molar-refractivity contribution >= 4 is 11.9 Å². The highest BCUT2D eigenvalue weighted by Gasteiger charge is 2.41. The molecule has 4 rings (SSSR count). The fourth-order valence-corrected chi connectivity index (χ4v) is 3.71. The lowest BCUT2D eigenvalue weighted by Gasteiger charge is -2.26. The molecule has 1 aromatic carbocycles. The number of benzene rings is 1. The second-order valence-corrected chi connectivity index (χ2v) is 6.66. The van der Waals surface area contributed by atoms with Crippen LogP contribution in [0, 0.1) is 6.92 Å². The number of ether oxygens (including phenoxy) is 1. The molecule has 0 spiro atoms. The second-order valence-electron chi connectivity index (χ2n) is 6.66. The molecule has 0 aromatic heterocycles. The molecule has 6 heteroatoms. The largest absolute Gasteiger partial charge is 0.376 e. The standard InChI is InChI=1S/C18H21N3O3/c1-11-4-2-5-12(8-11)16-15-14(19-18(23)20-16)10-21(17(15)22)9-13-6-3-7-24-13/h2,4-5,8,13,16H,3,6-7,9-10H2,1H3,(H2,19,20,23)/t13-,16-/m0/s1. The molecule has 126 valence electrons. The molecule has 3 heterocycles. The van der Waals surface area contributed by atoms with Crippen LogP contribution in [0.1, 0.15) is 30.0 Å². The molecular formula is C18H21N3O3. The third-order valence-electron chi connectivity index (χ3n) is 4.84. The number of hydrogen-bond acceptors (Lipinski definition) is 3. The van der Waals surface area contributed by atoms with Crippen molar-refractivity contribution in [3.05, 3.63) is 46.7 Å². The lowest BCUT2D eigenvalue weighted by atomic mass is 9.95. The van der Waals surface area contributed by atoms with Crippen molar-refractivity contribution in [2.45, 2.75) is 31.9 Å². The first-order valence-electron chi connectivity index (χ1n) is 8.40. The maximum Gasteiger partial charge on any atom is 0.319 e. The smallest absolute Gasteiger partial charge is 0.319 e. The van der Waals surface area contributed by atoms with Gasteiger partial charge in [0.15, 0.2) is 0 Å². The van der Waals surface area contributed by atoms with Crippen LogP contribution in [-0.2, 0) is 9.53 Å². The van der Waals surface area contributed by atoms with Gasteiger partial charge in [0.1, 0.15) is 0 Å². The van der Waals surface area contributed by atoms with Gasteiger partial charge in [-0.05, 0) is 25.3 Å². The number of aryl methyl sites for hydroxylation is 1. The quantitative estimate of drug-likeness (QED) is 0.886.